The third-order valence-corrected chi connectivity index (χ3v) is 6.76. The fourth-order valence-electron chi connectivity index (χ4n) is 2.88. The van der Waals surface area contributed by atoms with Gasteiger partial charge in [0, 0.05) is 6.54 Å². The highest BCUT2D eigenvalue weighted by molar-refractivity contribution is 7.56. The van der Waals surface area contributed by atoms with E-state index in [-0.39, 0.29) is 43.4 Å². The fraction of sp³-hybridized carbons (Fsp3) is 0.400. The smallest absolute Gasteiger partial charge is 0.295 e. The van der Waals surface area contributed by atoms with E-state index in [2.05, 4.69) is 20.0 Å². The minimum absolute atomic E-state index is 0.0389. The number of benzene rings is 1. The number of imidazole rings is 1. The van der Waals surface area contributed by atoms with E-state index in [1.807, 2.05) is 0 Å². The number of aromatic amines is 1. The maximum absolute atomic E-state index is 13.8. The summed E-state index contributed by atoms with van der Waals surface area (Å²) in [6, 6.07) is 3.84. The third kappa shape index (κ3) is 6.32. The van der Waals surface area contributed by atoms with Gasteiger partial charge in [0.05, 0.1) is 25.6 Å². The first-order valence-corrected chi connectivity index (χ1v) is 11.9. The van der Waals surface area contributed by atoms with Crippen LogP contribution in [0.15, 0.2) is 29.3 Å². The monoisotopic (exact) mass is 480 g/mol. The van der Waals surface area contributed by atoms with Crippen LogP contribution >= 0.6 is 7.52 Å². The third-order valence-electron chi connectivity index (χ3n) is 4.91. The number of ketones is 1. The van der Waals surface area contributed by atoms with Gasteiger partial charge in [0.2, 0.25) is 5.95 Å². The summed E-state index contributed by atoms with van der Waals surface area (Å²) in [5.41, 5.74) is 6.54. The molecule has 0 amide bonds. The highest BCUT2D eigenvalue weighted by Gasteiger charge is 2.28. The first kappa shape index (κ1) is 24.7. The normalized spacial score (nSPS) is 14.3. The molecule has 1 unspecified atom stereocenters. The van der Waals surface area contributed by atoms with E-state index < -0.39 is 24.9 Å². The lowest BCUT2D eigenvalue weighted by molar-refractivity contribution is -0.118. The van der Waals surface area contributed by atoms with E-state index in [4.69, 9.17) is 15.0 Å². The van der Waals surface area contributed by atoms with E-state index >= 15 is 0 Å². The Bertz CT molecular complexity index is 1260. The average molecular weight is 480 g/mol. The summed E-state index contributed by atoms with van der Waals surface area (Å²) in [6.07, 6.45) is 1.09. The zero-order valence-corrected chi connectivity index (χ0v) is 19.4. The van der Waals surface area contributed by atoms with E-state index in [0.29, 0.717) is 16.8 Å². The van der Waals surface area contributed by atoms with Crippen molar-refractivity contribution >= 4 is 30.4 Å². The number of fused-ring (bicyclic) bond motifs is 1. The number of hydrogen-bond donors (Lipinski definition) is 3. The molecule has 0 spiro atoms. The lowest BCUT2D eigenvalue weighted by Crippen LogP contribution is -2.32. The summed E-state index contributed by atoms with van der Waals surface area (Å²) in [7, 11) is -3.62. The molecule has 0 saturated carbocycles. The van der Waals surface area contributed by atoms with Crippen molar-refractivity contribution in [1.29, 1.82) is 0 Å². The summed E-state index contributed by atoms with van der Waals surface area (Å²) < 4.78 is 39.8. The molecule has 2 heterocycles. The van der Waals surface area contributed by atoms with Crippen LogP contribution in [-0.2, 0) is 31.8 Å². The molecule has 0 aliphatic rings. The van der Waals surface area contributed by atoms with Crippen LogP contribution in [-0.4, -0.2) is 44.3 Å². The van der Waals surface area contributed by atoms with Gasteiger partial charge in [-0.2, -0.15) is 4.98 Å². The Hall–Kier alpha value is -2.92. The van der Waals surface area contributed by atoms with Crippen LogP contribution in [0.2, 0.25) is 0 Å². The van der Waals surface area contributed by atoms with Crippen LogP contribution in [0.5, 0.6) is 0 Å². The number of hydrogen-bond acceptors (Lipinski definition) is 8. The number of aryl methyl sites for hydroxylation is 1. The molecule has 1 aromatic carbocycles. The number of aromatic nitrogens is 4. The molecule has 2 aromatic heterocycles. The van der Waals surface area contributed by atoms with E-state index in [0.717, 1.165) is 0 Å². The Balaban J connectivity index is 1.64. The van der Waals surface area contributed by atoms with Crippen molar-refractivity contribution in [2.75, 3.05) is 18.7 Å². The van der Waals surface area contributed by atoms with Crippen molar-refractivity contribution in [1.82, 2.24) is 24.6 Å². The van der Waals surface area contributed by atoms with Crippen molar-refractivity contribution in [3.05, 3.63) is 51.8 Å². The number of nitrogens with one attached hydrogen (secondary N) is 2. The minimum atomic E-state index is -3.62. The number of ether oxygens (including phenoxy) is 1. The molecular formula is C20H26FN6O5P. The Morgan fingerprint density at radius 3 is 2.88 bits per heavy atom. The lowest BCUT2D eigenvalue weighted by atomic mass is 10.1. The van der Waals surface area contributed by atoms with Crippen molar-refractivity contribution in [3.63, 3.8) is 0 Å². The van der Waals surface area contributed by atoms with Crippen LogP contribution in [0.4, 0.5) is 10.3 Å². The Kier molecular flexibility index (Phi) is 7.75. The van der Waals surface area contributed by atoms with E-state index in [9.17, 15) is 18.5 Å². The zero-order chi connectivity index (χ0) is 24.2. The van der Waals surface area contributed by atoms with Gasteiger partial charge in [-0.25, -0.2) is 14.5 Å². The van der Waals surface area contributed by atoms with Crippen LogP contribution in [0.25, 0.3) is 11.2 Å². The van der Waals surface area contributed by atoms with Crippen LogP contribution < -0.4 is 16.4 Å². The molecule has 178 valence electrons. The molecule has 0 fully saturated rings. The molecule has 0 aliphatic heterocycles. The first-order valence-electron chi connectivity index (χ1n) is 10.1. The number of Topliss-reactive ketones (excluding diaryl/α,β-unsaturated/α-hetero) is 1. The Morgan fingerprint density at radius 2 is 2.18 bits per heavy atom. The van der Waals surface area contributed by atoms with Gasteiger partial charge in [-0.15, -0.1) is 0 Å². The molecule has 0 radical (unpaired) electrons. The molecule has 0 aliphatic carbocycles. The van der Waals surface area contributed by atoms with E-state index in [1.54, 1.807) is 30.5 Å². The number of halogens is 1. The first-order chi connectivity index (χ1) is 15.6. The van der Waals surface area contributed by atoms with Gasteiger partial charge >= 0.3 is 0 Å². The van der Waals surface area contributed by atoms with Crippen molar-refractivity contribution in [2.45, 2.75) is 40.0 Å². The highest BCUT2D eigenvalue weighted by Crippen LogP contribution is 2.44. The number of rotatable bonds is 11. The number of nitrogens with two attached hydrogens (primary N) is 1. The second-order valence-electron chi connectivity index (χ2n) is 7.59. The van der Waals surface area contributed by atoms with Gasteiger partial charge in [-0.3, -0.25) is 19.1 Å². The second kappa shape index (κ2) is 10.3. The topological polar surface area (TPSA) is 154 Å². The molecule has 0 bridgehead atoms. The molecule has 3 rings (SSSR count). The minimum Gasteiger partial charge on any atom is -0.369 e. The summed E-state index contributed by atoms with van der Waals surface area (Å²) in [5, 5.41) is 2.70. The fourth-order valence-corrected chi connectivity index (χ4v) is 4.61. The largest absolute Gasteiger partial charge is 0.369 e. The molecule has 3 aromatic rings. The Morgan fingerprint density at radius 1 is 1.42 bits per heavy atom. The average Bonchev–Trinajstić information content (AvgIpc) is 3.15. The van der Waals surface area contributed by atoms with Gasteiger partial charge in [-0.05, 0) is 38.0 Å². The summed E-state index contributed by atoms with van der Waals surface area (Å²) in [5.74, 6) is -0.658. The predicted octanol–water partition coefficient (Wildman–Crippen LogP) is 2.10. The maximum Gasteiger partial charge on any atom is 0.295 e. The standard InChI is InChI=1S/C20H26FN6O5P/c1-12-4-5-15(8-16(12)21)9-32-33(30,26-13(2)14(3)28)11-31-7-6-27-10-23-17-18(27)24-20(22)25-19(17)29/h4-5,8,10,13H,6-7,9,11H2,1-3H3,(H,26,30)(H3,22,24,25,29)/t13-,33?/m1/s1. The lowest BCUT2D eigenvalue weighted by Gasteiger charge is -2.22. The summed E-state index contributed by atoms with van der Waals surface area (Å²) in [4.78, 5) is 34.0. The van der Waals surface area contributed by atoms with Crippen molar-refractivity contribution < 1.29 is 23.0 Å². The quantitative estimate of drug-likeness (QED) is 0.276. The molecule has 2 atom stereocenters. The van der Waals surface area contributed by atoms with Gasteiger partial charge in [0.1, 0.15) is 17.9 Å². The maximum atomic E-state index is 13.8. The predicted molar refractivity (Wildman–Crippen MR) is 120 cm³/mol. The molecule has 33 heavy (non-hydrogen) atoms. The molecular weight excluding hydrogens is 454 g/mol. The van der Waals surface area contributed by atoms with Crippen LogP contribution in [0, 0.1) is 12.7 Å². The molecule has 4 N–H and O–H groups in total. The summed E-state index contributed by atoms with van der Waals surface area (Å²) >= 11 is 0. The van der Waals surface area contributed by atoms with Crippen LogP contribution in [0.3, 0.4) is 0 Å². The van der Waals surface area contributed by atoms with Gasteiger partial charge in [-0.1, -0.05) is 12.1 Å². The molecule has 11 nitrogen and oxygen atoms in total. The number of carbonyl (C=O) groups excluding carboxylic acids is 1. The summed E-state index contributed by atoms with van der Waals surface area (Å²) in [6.45, 7) is 4.77. The second-order valence-corrected chi connectivity index (χ2v) is 9.71. The van der Waals surface area contributed by atoms with Gasteiger partial charge in [0.25, 0.3) is 13.1 Å². The SMILES string of the molecule is CC(=O)[C@@H](C)NP(=O)(COCCn1cnc2c(=O)[nH]c(N)nc21)OCc1ccc(C)c(F)c1. The van der Waals surface area contributed by atoms with Gasteiger partial charge < -0.3 is 19.6 Å². The molecule has 0 saturated heterocycles. The number of anilines is 1. The van der Waals surface area contributed by atoms with Crippen molar-refractivity contribution in [3.8, 4) is 0 Å². The molecule has 13 heteroatoms. The van der Waals surface area contributed by atoms with E-state index in [1.165, 1.54) is 19.3 Å². The zero-order valence-electron chi connectivity index (χ0n) is 18.5. The van der Waals surface area contributed by atoms with Crippen molar-refractivity contribution in [2.24, 2.45) is 0 Å². The Labute approximate surface area is 189 Å². The number of nitrogens with zero attached hydrogens (tertiary/aromatic N) is 3. The number of nitrogen functional groups attached to an aromatic ring is 1. The van der Waals surface area contributed by atoms with Gasteiger partial charge in [0.15, 0.2) is 11.2 Å². The van der Waals surface area contributed by atoms with Crippen LogP contribution in [0.1, 0.15) is 25.0 Å². The number of H-pyrrole nitrogens is 1. The number of carbonyl (C=O) groups is 1. The highest BCUT2D eigenvalue weighted by atomic mass is 31.2.